The van der Waals surface area contributed by atoms with E-state index in [0.29, 0.717) is 12.0 Å². The van der Waals surface area contributed by atoms with Gasteiger partial charge in [0.05, 0.1) is 29.6 Å². The zero-order valence-electron chi connectivity index (χ0n) is 34.1. The van der Waals surface area contributed by atoms with Crippen LogP contribution in [0.3, 0.4) is 0 Å². The summed E-state index contributed by atoms with van der Waals surface area (Å²) in [6.07, 6.45) is -8.65. The molecule has 2 unspecified atom stereocenters. The first-order chi connectivity index (χ1) is 27.8. The number of fused-ring (bicyclic) bond motifs is 5. The number of hydrogen-bond donors (Lipinski definition) is 3. The molecule has 0 radical (unpaired) electrons. The molecule has 2 bridgehead atoms. The first-order valence-corrected chi connectivity index (χ1v) is 19.8. The third-order valence-electron chi connectivity index (χ3n) is 13.5. The Morgan fingerprint density at radius 1 is 0.881 bits per heavy atom. The van der Waals surface area contributed by atoms with Crippen molar-refractivity contribution >= 4 is 35.6 Å². The second kappa shape index (κ2) is 15.3. The fraction of sp³-hybridized carbons (Fsp3) is 0.545. The van der Waals surface area contributed by atoms with Gasteiger partial charge in [0.1, 0.15) is 23.9 Å². The van der Waals surface area contributed by atoms with Gasteiger partial charge in [-0.2, -0.15) is 0 Å². The zero-order valence-corrected chi connectivity index (χ0v) is 34.1. The highest BCUT2D eigenvalue weighted by atomic mass is 16.6. The average Bonchev–Trinajstić information content (AvgIpc) is 3.94. The van der Waals surface area contributed by atoms with E-state index in [-0.39, 0.29) is 35.6 Å². The van der Waals surface area contributed by atoms with Crippen LogP contribution in [0.2, 0.25) is 0 Å². The molecule has 2 aromatic carbocycles. The van der Waals surface area contributed by atoms with E-state index in [1.54, 1.807) is 69.3 Å². The Morgan fingerprint density at radius 2 is 1.51 bits per heavy atom. The molecule has 15 heteroatoms. The maximum Gasteiger partial charge on any atom is 0.338 e. The van der Waals surface area contributed by atoms with Gasteiger partial charge in [0.25, 0.3) is 5.91 Å². The van der Waals surface area contributed by atoms with Gasteiger partial charge in [-0.25, -0.2) is 9.59 Å². The lowest BCUT2D eigenvalue weighted by Crippen LogP contribution is -2.82. The van der Waals surface area contributed by atoms with E-state index in [1.807, 2.05) is 0 Å². The normalized spacial score (nSPS) is 35.8. The molecule has 4 aliphatic carbocycles. The number of rotatable bonds is 10. The van der Waals surface area contributed by atoms with Crippen molar-refractivity contribution < 1.29 is 67.4 Å². The molecule has 1 heterocycles. The molecule has 2 aromatic rings. The predicted octanol–water partition coefficient (Wildman–Crippen LogP) is 3.04. The largest absolute Gasteiger partial charge is 0.456 e. The summed E-state index contributed by atoms with van der Waals surface area (Å²) in [5.41, 5.74) is -6.67. The molecule has 5 aliphatic rings. The fourth-order valence-corrected chi connectivity index (χ4v) is 10.2. The average molecular weight is 818 g/mol. The van der Waals surface area contributed by atoms with Crippen LogP contribution in [-0.2, 0) is 47.6 Å². The summed E-state index contributed by atoms with van der Waals surface area (Å²) < 4.78 is 36.0. The highest BCUT2D eigenvalue weighted by Crippen LogP contribution is 2.64. The lowest BCUT2D eigenvalue weighted by molar-refractivity contribution is -0.346. The van der Waals surface area contributed by atoms with Gasteiger partial charge in [0.15, 0.2) is 23.6 Å². The fourth-order valence-electron chi connectivity index (χ4n) is 10.2. The van der Waals surface area contributed by atoms with Crippen molar-refractivity contribution in [2.24, 2.45) is 22.7 Å². The molecule has 12 atom stereocenters. The summed E-state index contributed by atoms with van der Waals surface area (Å²) in [4.78, 5) is 82.5. The number of aliphatic hydroxyl groups is 2. The minimum absolute atomic E-state index is 0.0822. The third kappa shape index (κ3) is 6.85. The molecule has 316 valence electrons. The molecule has 59 heavy (non-hydrogen) atoms. The second-order valence-electron chi connectivity index (χ2n) is 17.2. The van der Waals surface area contributed by atoms with E-state index in [2.05, 4.69) is 5.32 Å². The van der Waals surface area contributed by atoms with Crippen LogP contribution in [0.4, 0.5) is 0 Å². The molecular weight excluding hydrogens is 766 g/mol. The molecule has 0 aromatic heterocycles. The highest BCUT2D eigenvalue weighted by molar-refractivity contribution is 5.96. The molecule has 15 nitrogen and oxygen atoms in total. The number of aliphatic hydroxyl groups excluding tert-OH is 1. The molecular formula is C44H51NO14. The number of hydrogen-bond acceptors (Lipinski definition) is 14. The van der Waals surface area contributed by atoms with Crippen molar-refractivity contribution in [3.63, 3.8) is 0 Å². The molecule has 0 spiro atoms. The number of benzene rings is 2. The monoisotopic (exact) mass is 817 g/mol. The van der Waals surface area contributed by atoms with Gasteiger partial charge in [-0.15, -0.1) is 0 Å². The van der Waals surface area contributed by atoms with E-state index < -0.39 is 113 Å². The SMILES string of the molecule is CO[C@H](C(=O)O[C@H]1C[C@@]2(O)[C@@H](OC(=O)c3ccccc3)[C@@H]3[C@]4(OC(C)=O)CO[C@@H]4C[C@@H](O)[C@@]3(C)C(=O)[C@H](OC(C)=O)C(=C1C)C2(C)C)C1CC1NC(=O)c1ccccc1. The van der Waals surface area contributed by atoms with E-state index in [1.165, 1.54) is 33.1 Å². The van der Waals surface area contributed by atoms with Gasteiger partial charge in [-0.05, 0) is 55.7 Å². The number of nitrogens with one attached hydrogen (secondary N) is 1. The molecule has 3 saturated carbocycles. The number of carbonyl (C=O) groups is 6. The number of amides is 1. The van der Waals surface area contributed by atoms with Crippen LogP contribution in [0, 0.1) is 22.7 Å². The van der Waals surface area contributed by atoms with Crippen molar-refractivity contribution in [3.8, 4) is 0 Å². The summed E-state index contributed by atoms with van der Waals surface area (Å²) in [7, 11) is 1.34. The van der Waals surface area contributed by atoms with Gasteiger partial charge < -0.3 is 44.0 Å². The van der Waals surface area contributed by atoms with Gasteiger partial charge in [-0.1, -0.05) is 50.2 Å². The van der Waals surface area contributed by atoms with Gasteiger partial charge in [0.2, 0.25) is 0 Å². The van der Waals surface area contributed by atoms with Crippen molar-refractivity contribution in [2.45, 2.75) is 115 Å². The number of Topliss-reactive ketones (excluding diaryl/α,β-unsaturated/α-hetero) is 1. The zero-order chi connectivity index (χ0) is 42.8. The van der Waals surface area contributed by atoms with E-state index in [0.717, 1.165) is 6.92 Å². The van der Waals surface area contributed by atoms with Gasteiger partial charge in [0, 0.05) is 56.7 Å². The lowest BCUT2D eigenvalue weighted by atomic mass is 9.44. The highest BCUT2D eigenvalue weighted by Gasteiger charge is 2.78. The van der Waals surface area contributed by atoms with Crippen molar-refractivity contribution in [1.82, 2.24) is 5.32 Å². The van der Waals surface area contributed by atoms with Crippen molar-refractivity contribution in [2.75, 3.05) is 13.7 Å². The maximum atomic E-state index is 15.4. The van der Waals surface area contributed by atoms with E-state index in [9.17, 15) is 34.2 Å². The summed E-state index contributed by atoms with van der Waals surface area (Å²) in [6.45, 7) is 8.26. The number of carbonyl (C=O) groups excluding carboxylic acids is 6. The Bertz CT molecular complexity index is 2070. The topological polar surface area (TPSA) is 210 Å². The molecule has 3 N–H and O–H groups in total. The Balaban J connectivity index is 1.34. The summed E-state index contributed by atoms with van der Waals surface area (Å²) in [6, 6.07) is 16.2. The Kier molecular flexibility index (Phi) is 10.9. The van der Waals surface area contributed by atoms with E-state index >= 15 is 4.79 Å². The van der Waals surface area contributed by atoms with Crippen molar-refractivity contribution in [3.05, 3.63) is 82.9 Å². The number of ketones is 1. The first-order valence-electron chi connectivity index (χ1n) is 19.8. The van der Waals surface area contributed by atoms with Crippen LogP contribution in [0.15, 0.2) is 71.8 Å². The second-order valence-corrected chi connectivity index (χ2v) is 17.2. The predicted molar refractivity (Wildman–Crippen MR) is 205 cm³/mol. The Hall–Kier alpha value is -4.96. The van der Waals surface area contributed by atoms with Crippen molar-refractivity contribution in [1.29, 1.82) is 0 Å². The standard InChI is InChI=1S/C44H51NO14/c1-22-29(57-40(52)33(54-7)27-18-28(27)45-38(50)25-14-10-8-11-15-25)20-44(53)37(58-39(51)26-16-12-9-13-17-26)35-42(6,30(48)19-31-43(35,21-55-31)59-24(3)47)36(49)34(56-23(2)46)32(22)41(44,4)5/h8-17,27-31,33-35,37,48,53H,18-21H2,1-7H3,(H,45,50)/t27?,28?,29-,30+,31+,33-,34+,35-,37-,42+,43-,44+/m0/s1. The molecule has 7 rings (SSSR count). The maximum absolute atomic E-state index is 15.4. The quantitative estimate of drug-likeness (QED) is 0.179. The Labute approximate surface area is 341 Å². The minimum atomic E-state index is -2.29. The summed E-state index contributed by atoms with van der Waals surface area (Å²) in [5.74, 6) is -6.39. The first kappa shape index (κ1) is 42.2. The summed E-state index contributed by atoms with van der Waals surface area (Å²) >= 11 is 0. The van der Waals surface area contributed by atoms with Crippen LogP contribution >= 0.6 is 0 Å². The van der Waals surface area contributed by atoms with Crippen LogP contribution < -0.4 is 5.32 Å². The van der Waals surface area contributed by atoms with Gasteiger partial charge >= 0.3 is 23.9 Å². The smallest absolute Gasteiger partial charge is 0.338 e. The van der Waals surface area contributed by atoms with Gasteiger partial charge in [-0.3, -0.25) is 19.2 Å². The minimum Gasteiger partial charge on any atom is -0.456 e. The number of methoxy groups -OCH3 is 1. The van der Waals surface area contributed by atoms with Crippen LogP contribution in [-0.4, -0.2) is 113 Å². The molecule has 4 fully saturated rings. The summed E-state index contributed by atoms with van der Waals surface area (Å²) in [5, 5.41) is 28.5. The molecule has 1 saturated heterocycles. The number of ether oxygens (including phenoxy) is 6. The molecule has 1 amide bonds. The Morgan fingerprint density at radius 3 is 2.07 bits per heavy atom. The molecule has 1 aliphatic heterocycles. The van der Waals surface area contributed by atoms with Crippen LogP contribution in [0.1, 0.15) is 81.5 Å². The van der Waals surface area contributed by atoms with Crippen LogP contribution in [0.25, 0.3) is 0 Å². The number of esters is 4. The van der Waals surface area contributed by atoms with E-state index in [4.69, 9.17) is 28.4 Å². The lowest BCUT2D eigenvalue weighted by Gasteiger charge is -2.67. The van der Waals surface area contributed by atoms with Crippen LogP contribution in [0.5, 0.6) is 0 Å². The third-order valence-corrected chi connectivity index (χ3v) is 13.5.